The van der Waals surface area contributed by atoms with Crippen molar-refractivity contribution in [2.45, 2.75) is 12.6 Å². The summed E-state index contributed by atoms with van der Waals surface area (Å²) in [5, 5.41) is 7.37. The van der Waals surface area contributed by atoms with Crippen molar-refractivity contribution in [1.29, 1.82) is 0 Å². The van der Waals surface area contributed by atoms with Crippen molar-refractivity contribution < 1.29 is 0 Å². The van der Waals surface area contributed by atoms with Crippen molar-refractivity contribution in [1.82, 2.24) is 9.91 Å². The molecule has 0 saturated carbocycles. The van der Waals surface area contributed by atoms with E-state index in [9.17, 15) is 4.91 Å². The minimum Gasteiger partial charge on any atom is -0.288 e. The molecule has 4 heteroatoms. The highest BCUT2D eigenvalue weighted by molar-refractivity contribution is 5.85. The van der Waals surface area contributed by atoms with Gasteiger partial charge in [0, 0.05) is 13.1 Å². The molecule has 0 spiro atoms. The lowest BCUT2D eigenvalue weighted by Gasteiger charge is -2.39. The molecule has 0 bridgehead atoms. The van der Waals surface area contributed by atoms with Crippen LogP contribution in [0.1, 0.15) is 17.2 Å². The summed E-state index contributed by atoms with van der Waals surface area (Å²) in [6.07, 6.45) is 0. The van der Waals surface area contributed by atoms with E-state index in [1.807, 2.05) is 6.07 Å². The normalized spacial score (nSPS) is 18.4. The van der Waals surface area contributed by atoms with Crippen LogP contribution in [0.15, 0.2) is 78.1 Å². The van der Waals surface area contributed by atoms with Crippen molar-refractivity contribution in [2.75, 3.05) is 19.6 Å². The first-order valence-corrected chi connectivity index (χ1v) is 8.69. The number of nitroso groups, excluding NO2 is 1. The number of rotatable bonds is 4. The molecule has 4 rings (SSSR count). The van der Waals surface area contributed by atoms with Crippen LogP contribution < -0.4 is 0 Å². The van der Waals surface area contributed by atoms with Gasteiger partial charge in [-0.1, -0.05) is 72.8 Å². The van der Waals surface area contributed by atoms with E-state index < -0.39 is 0 Å². The average Bonchev–Trinajstić information content (AvgIpc) is 2.69. The van der Waals surface area contributed by atoms with E-state index >= 15 is 0 Å². The lowest BCUT2D eigenvalue weighted by atomic mass is 10.00. The van der Waals surface area contributed by atoms with Crippen LogP contribution in [0, 0.1) is 4.91 Å². The molecule has 1 heterocycles. The Morgan fingerprint density at radius 3 is 2.48 bits per heavy atom. The topological polar surface area (TPSA) is 35.9 Å². The number of fused-ring (bicyclic) bond motifs is 1. The molecule has 1 atom stereocenters. The minimum atomic E-state index is 0.173. The maximum atomic E-state index is 11.0. The highest BCUT2D eigenvalue weighted by atomic mass is 16.3. The van der Waals surface area contributed by atoms with Gasteiger partial charge in [-0.15, -0.1) is 4.91 Å². The highest BCUT2D eigenvalue weighted by Gasteiger charge is 2.28. The summed E-state index contributed by atoms with van der Waals surface area (Å²) in [5.41, 5.74) is 2.56. The number of hydrogen-bond donors (Lipinski definition) is 0. The van der Waals surface area contributed by atoms with E-state index in [4.69, 9.17) is 0 Å². The van der Waals surface area contributed by atoms with Gasteiger partial charge in [0.1, 0.15) is 0 Å². The summed E-state index contributed by atoms with van der Waals surface area (Å²) in [7, 11) is 0. The minimum absolute atomic E-state index is 0.173. The second kappa shape index (κ2) is 7.03. The van der Waals surface area contributed by atoms with Gasteiger partial charge in [0.2, 0.25) is 0 Å². The van der Waals surface area contributed by atoms with Crippen LogP contribution in [0.5, 0.6) is 0 Å². The fraction of sp³-hybridized carbons (Fsp3) is 0.238. The van der Waals surface area contributed by atoms with Crippen molar-refractivity contribution in [2.24, 2.45) is 5.29 Å². The molecule has 0 amide bonds. The van der Waals surface area contributed by atoms with Crippen molar-refractivity contribution in [3.05, 3.63) is 88.8 Å². The monoisotopic (exact) mass is 331 g/mol. The summed E-state index contributed by atoms with van der Waals surface area (Å²) in [6, 6.07) is 25.6. The smallest absolute Gasteiger partial charge is 0.0590 e. The van der Waals surface area contributed by atoms with Gasteiger partial charge in [-0.05, 0) is 21.9 Å². The Morgan fingerprint density at radius 2 is 1.64 bits per heavy atom. The van der Waals surface area contributed by atoms with E-state index in [1.54, 1.807) is 5.01 Å². The van der Waals surface area contributed by atoms with Crippen LogP contribution in [-0.2, 0) is 6.54 Å². The summed E-state index contributed by atoms with van der Waals surface area (Å²) in [5.74, 6) is 0. The average molecular weight is 331 g/mol. The SMILES string of the molecule is O=NN1CCN(Cc2cccc3ccccc23)C(c2ccccc2)C1. The van der Waals surface area contributed by atoms with Crippen LogP contribution >= 0.6 is 0 Å². The summed E-state index contributed by atoms with van der Waals surface area (Å²) >= 11 is 0. The number of nitrogens with zero attached hydrogens (tertiary/aromatic N) is 3. The zero-order chi connectivity index (χ0) is 17.1. The Bertz CT molecular complexity index is 860. The predicted molar refractivity (Wildman–Crippen MR) is 101 cm³/mol. The molecule has 0 N–H and O–H groups in total. The molecule has 1 aliphatic rings. The Kier molecular flexibility index (Phi) is 4.44. The molecule has 3 aromatic rings. The molecule has 1 unspecified atom stereocenters. The van der Waals surface area contributed by atoms with Crippen LogP contribution in [-0.4, -0.2) is 29.5 Å². The quantitative estimate of drug-likeness (QED) is 0.666. The molecule has 1 fully saturated rings. The Balaban J connectivity index is 1.66. The third-order valence-corrected chi connectivity index (χ3v) is 5.02. The maximum Gasteiger partial charge on any atom is 0.0590 e. The van der Waals surface area contributed by atoms with Crippen LogP contribution in [0.25, 0.3) is 10.8 Å². The van der Waals surface area contributed by atoms with Crippen molar-refractivity contribution in [3.8, 4) is 0 Å². The molecule has 126 valence electrons. The summed E-state index contributed by atoms with van der Waals surface area (Å²) in [4.78, 5) is 13.5. The van der Waals surface area contributed by atoms with E-state index in [0.29, 0.717) is 13.1 Å². The number of hydrogen-bond acceptors (Lipinski definition) is 3. The molecule has 1 aliphatic heterocycles. The Hall–Kier alpha value is -2.72. The molecular formula is C21H21N3O. The van der Waals surface area contributed by atoms with Gasteiger partial charge in [0.25, 0.3) is 0 Å². The maximum absolute atomic E-state index is 11.0. The molecule has 0 aliphatic carbocycles. The summed E-state index contributed by atoms with van der Waals surface area (Å²) < 4.78 is 0. The molecule has 0 aromatic heterocycles. The zero-order valence-electron chi connectivity index (χ0n) is 14.1. The van der Waals surface area contributed by atoms with E-state index in [2.05, 4.69) is 76.9 Å². The fourth-order valence-electron chi connectivity index (χ4n) is 3.71. The first-order chi connectivity index (χ1) is 12.3. The van der Waals surface area contributed by atoms with Crippen LogP contribution in [0.3, 0.4) is 0 Å². The molecular weight excluding hydrogens is 310 g/mol. The Morgan fingerprint density at radius 1 is 0.880 bits per heavy atom. The molecule has 1 saturated heterocycles. The Labute approximate surface area is 147 Å². The van der Waals surface area contributed by atoms with E-state index in [1.165, 1.54) is 21.9 Å². The number of benzene rings is 3. The van der Waals surface area contributed by atoms with Gasteiger partial charge >= 0.3 is 0 Å². The third-order valence-electron chi connectivity index (χ3n) is 5.02. The molecule has 4 nitrogen and oxygen atoms in total. The van der Waals surface area contributed by atoms with Gasteiger partial charge in [-0.25, -0.2) is 0 Å². The van der Waals surface area contributed by atoms with Gasteiger partial charge in [-0.3, -0.25) is 9.91 Å². The van der Waals surface area contributed by atoms with Gasteiger partial charge in [0.15, 0.2) is 0 Å². The largest absolute Gasteiger partial charge is 0.288 e. The van der Waals surface area contributed by atoms with Crippen LogP contribution in [0.2, 0.25) is 0 Å². The lowest BCUT2D eigenvalue weighted by molar-refractivity contribution is 0.0690. The highest BCUT2D eigenvalue weighted by Crippen LogP contribution is 2.29. The molecule has 0 radical (unpaired) electrons. The lowest BCUT2D eigenvalue weighted by Crippen LogP contribution is -2.45. The first-order valence-electron chi connectivity index (χ1n) is 8.69. The second-order valence-electron chi connectivity index (χ2n) is 6.53. The second-order valence-corrected chi connectivity index (χ2v) is 6.53. The van der Waals surface area contributed by atoms with Crippen molar-refractivity contribution in [3.63, 3.8) is 0 Å². The number of piperazine rings is 1. The van der Waals surface area contributed by atoms with Gasteiger partial charge in [0.05, 0.1) is 24.4 Å². The predicted octanol–water partition coefficient (Wildman–Crippen LogP) is 4.38. The van der Waals surface area contributed by atoms with Gasteiger partial charge < -0.3 is 0 Å². The first kappa shape index (κ1) is 15.8. The van der Waals surface area contributed by atoms with E-state index in [-0.39, 0.29) is 6.04 Å². The molecule has 3 aromatic carbocycles. The fourth-order valence-corrected chi connectivity index (χ4v) is 3.71. The van der Waals surface area contributed by atoms with Gasteiger partial charge in [-0.2, -0.15) is 0 Å². The summed E-state index contributed by atoms with van der Waals surface area (Å²) in [6.45, 7) is 3.01. The standard InChI is InChI=1S/C21H21N3O/c25-22-24-14-13-23(21(16-24)18-8-2-1-3-9-18)15-19-11-6-10-17-7-4-5-12-20(17)19/h1-12,21H,13-16H2. The van der Waals surface area contributed by atoms with Crippen LogP contribution in [0.4, 0.5) is 0 Å². The third kappa shape index (κ3) is 3.26. The van der Waals surface area contributed by atoms with E-state index in [0.717, 1.165) is 13.1 Å². The van der Waals surface area contributed by atoms with Crippen molar-refractivity contribution >= 4 is 10.8 Å². The molecule has 25 heavy (non-hydrogen) atoms. The zero-order valence-corrected chi connectivity index (χ0v) is 14.1.